The average molecular weight is 481 g/mol. The van der Waals surface area contributed by atoms with Gasteiger partial charge in [-0.05, 0) is 44.5 Å². The number of rotatable bonds is 7. The Labute approximate surface area is 189 Å². The fourth-order valence-electron chi connectivity index (χ4n) is 3.05. The highest BCUT2D eigenvalue weighted by Crippen LogP contribution is 2.43. The Hall–Kier alpha value is -2.69. The normalized spacial score (nSPS) is 11.5. The minimum atomic E-state index is -3.53. The molecule has 0 aliphatic carbocycles. The Kier molecular flexibility index (Phi) is 6.54. The van der Waals surface area contributed by atoms with Crippen molar-refractivity contribution in [1.82, 2.24) is 9.97 Å². The number of aromatic nitrogens is 2. The molecule has 2 aromatic heterocycles. The van der Waals surface area contributed by atoms with Crippen molar-refractivity contribution in [1.29, 1.82) is 0 Å². The monoisotopic (exact) mass is 480 g/mol. The van der Waals surface area contributed by atoms with Crippen molar-refractivity contribution in [3.63, 3.8) is 0 Å². The van der Waals surface area contributed by atoms with Crippen molar-refractivity contribution < 1.29 is 17.9 Å². The molecule has 8 nitrogen and oxygen atoms in total. The Morgan fingerprint density at radius 3 is 2.39 bits per heavy atom. The number of carbonyl (C=O) groups excluding carboxylic acids is 1. The topological polar surface area (TPSA) is 124 Å². The number of sulfonamides is 1. The number of benzene rings is 1. The van der Waals surface area contributed by atoms with Crippen LogP contribution in [0.1, 0.15) is 28.4 Å². The molecule has 0 radical (unpaired) electrons. The van der Waals surface area contributed by atoms with Gasteiger partial charge in [-0.15, -0.1) is 11.3 Å². The van der Waals surface area contributed by atoms with Crippen LogP contribution in [0.4, 0.5) is 5.69 Å². The first kappa shape index (κ1) is 23.0. The number of nitrogens with two attached hydrogens (primary N) is 1. The molecule has 164 valence electrons. The number of anilines is 1. The third kappa shape index (κ3) is 5.52. The molecule has 3 N–H and O–H groups in total. The van der Waals surface area contributed by atoms with Gasteiger partial charge in [0.15, 0.2) is 11.6 Å². The molecule has 0 saturated heterocycles. The highest BCUT2D eigenvalue weighted by Gasteiger charge is 2.24. The van der Waals surface area contributed by atoms with E-state index in [2.05, 4.69) is 14.7 Å². The lowest BCUT2D eigenvalue weighted by molar-refractivity contribution is 0.100. The summed E-state index contributed by atoms with van der Waals surface area (Å²) in [5.74, 6) is 0.280. The van der Waals surface area contributed by atoms with Crippen molar-refractivity contribution in [2.24, 2.45) is 5.73 Å². The molecule has 11 heteroatoms. The Morgan fingerprint density at radius 1 is 1.19 bits per heavy atom. The van der Waals surface area contributed by atoms with E-state index < -0.39 is 15.9 Å². The number of nitrogens with one attached hydrogen (secondary N) is 1. The number of primary amides is 1. The Morgan fingerprint density at radius 2 is 1.84 bits per heavy atom. The molecule has 0 bridgehead atoms. The molecular formula is C20H21ClN4O4S2. The van der Waals surface area contributed by atoms with Crippen LogP contribution >= 0.6 is 22.9 Å². The van der Waals surface area contributed by atoms with Crippen LogP contribution in [0.5, 0.6) is 5.75 Å². The third-order valence-electron chi connectivity index (χ3n) is 4.02. The van der Waals surface area contributed by atoms with E-state index in [0.29, 0.717) is 33.1 Å². The van der Waals surface area contributed by atoms with Crippen molar-refractivity contribution in [2.45, 2.75) is 26.9 Å². The summed E-state index contributed by atoms with van der Waals surface area (Å²) in [6.07, 6.45) is 4.13. The number of ether oxygens (including phenoxy) is 1. The maximum atomic E-state index is 12.2. The highest BCUT2D eigenvalue weighted by molar-refractivity contribution is 7.92. The van der Waals surface area contributed by atoms with Gasteiger partial charge in [-0.1, -0.05) is 11.6 Å². The molecule has 3 aromatic rings. The van der Waals surface area contributed by atoms with Crippen LogP contribution < -0.4 is 15.2 Å². The van der Waals surface area contributed by atoms with Gasteiger partial charge in [-0.2, -0.15) is 0 Å². The lowest BCUT2D eigenvalue weighted by Gasteiger charge is -2.12. The number of carbonyl (C=O) groups is 1. The number of hydrogen-bond acceptors (Lipinski definition) is 7. The lowest BCUT2D eigenvalue weighted by atomic mass is 9.98. The number of amides is 1. The molecule has 1 amide bonds. The second kappa shape index (κ2) is 8.81. The van der Waals surface area contributed by atoms with Gasteiger partial charge in [0.2, 0.25) is 10.0 Å². The van der Waals surface area contributed by atoms with Crippen LogP contribution in [0.3, 0.4) is 0 Å². The highest BCUT2D eigenvalue weighted by atomic mass is 35.5. The summed E-state index contributed by atoms with van der Waals surface area (Å²) in [5, 5.41) is 0.287. The van der Waals surface area contributed by atoms with Gasteiger partial charge in [0, 0.05) is 21.0 Å². The molecule has 2 heterocycles. The first-order valence-corrected chi connectivity index (χ1v) is 12.2. The first-order valence-electron chi connectivity index (χ1n) is 9.15. The molecule has 3 rings (SSSR count). The molecule has 0 aliphatic rings. The Balaban J connectivity index is 2.20. The van der Waals surface area contributed by atoms with Crippen LogP contribution in [0, 0.1) is 6.92 Å². The van der Waals surface area contributed by atoms with E-state index in [0.717, 1.165) is 11.1 Å². The smallest absolute Gasteiger partial charge is 0.259 e. The van der Waals surface area contributed by atoms with Crippen LogP contribution in [-0.2, 0) is 10.0 Å². The summed E-state index contributed by atoms with van der Waals surface area (Å²) < 4.78 is 31.3. The van der Waals surface area contributed by atoms with E-state index in [1.807, 2.05) is 20.8 Å². The predicted molar refractivity (Wildman–Crippen MR) is 123 cm³/mol. The van der Waals surface area contributed by atoms with E-state index >= 15 is 0 Å². The van der Waals surface area contributed by atoms with E-state index in [9.17, 15) is 13.2 Å². The van der Waals surface area contributed by atoms with Gasteiger partial charge < -0.3 is 10.5 Å². The van der Waals surface area contributed by atoms with Gasteiger partial charge in [0.1, 0.15) is 4.88 Å². The number of thiophene rings is 1. The maximum Gasteiger partial charge on any atom is 0.259 e. The molecule has 0 saturated carbocycles. The first-order chi connectivity index (χ1) is 14.4. The molecule has 1 aromatic carbocycles. The van der Waals surface area contributed by atoms with Crippen LogP contribution in [0.25, 0.3) is 22.5 Å². The second-order valence-electron chi connectivity index (χ2n) is 7.11. The van der Waals surface area contributed by atoms with Crippen molar-refractivity contribution in [2.75, 3.05) is 11.0 Å². The number of aryl methyl sites for hydroxylation is 1. The van der Waals surface area contributed by atoms with E-state index in [4.69, 9.17) is 22.1 Å². The van der Waals surface area contributed by atoms with Gasteiger partial charge in [-0.25, -0.2) is 18.4 Å². The summed E-state index contributed by atoms with van der Waals surface area (Å²) >= 11 is 7.45. The molecule has 0 spiro atoms. The minimum absolute atomic E-state index is 0.0263. The second-order valence-corrected chi connectivity index (χ2v) is 10.5. The number of halogens is 1. The zero-order chi connectivity index (χ0) is 22.9. The molecule has 31 heavy (non-hydrogen) atoms. The number of hydrogen-bond donors (Lipinski definition) is 2. The standard InChI is InChI=1S/C20H21ClN4O4S2/c1-10(2)29-15-8-23-20(24-9-15)16-11(3)30-18(19(22)26)17(16)12-5-13(21)7-14(6-12)25-31(4,27)28/h5-10,25H,1-4H3,(H2,22,26). The van der Waals surface area contributed by atoms with Crippen LogP contribution in [-0.4, -0.2) is 36.7 Å². The molecule has 0 fully saturated rings. The SMILES string of the molecule is Cc1sc(C(N)=O)c(-c2cc(Cl)cc(NS(C)(=O)=O)c2)c1-c1ncc(OC(C)C)cn1. The van der Waals surface area contributed by atoms with Crippen molar-refractivity contribution in [3.05, 3.63) is 45.4 Å². The van der Waals surface area contributed by atoms with Gasteiger partial charge >= 0.3 is 0 Å². The van der Waals surface area contributed by atoms with E-state index in [1.165, 1.54) is 17.4 Å². The van der Waals surface area contributed by atoms with Crippen molar-refractivity contribution in [3.8, 4) is 28.3 Å². The van der Waals surface area contributed by atoms with Crippen LogP contribution in [0.2, 0.25) is 5.02 Å². The van der Waals surface area contributed by atoms with Gasteiger partial charge in [-0.3, -0.25) is 9.52 Å². The van der Waals surface area contributed by atoms with Gasteiger partial charge in [0.25, 0.3) is 5.91 Å². The van der Waals surface area contributed by atoms with Gasteiger partial charge in [0.05, 0.1) is 30.4 Å². The zero-order valence-electron chi connectivity index (χ0n) is 17.3. The molecule has 0 atom stereocenters. The van der Waals surface area contributed by atoms with E-state index in [-0.39, 0.29) is 16.8 Å². The summed E-state index contributed by atoms with van der Waals surface area (Å²) in [4.78, 5) is 22.1. The number of nitrogens with zero attached hydrogens (tertiary/aromatic N) is 2. The quantitative estimate of drug-likeness (QED) is 0.524. The Bertz CT molecular complexity index is 1240. The largest absolute Gasteiger partial charge is 0.488 e. The summed E-state index contributed by atoms with van der Waals surface area (Å²) in [6.45, 7) is 5.63. The fourth-order valence-corrected chi connectivity index (χ4v) is 4.85. The molecular weight excluding hydrogens is 460 g/mol. The zero-order valence-corrected chi connectivity index (χ0v) is 19.7. The third-order valence-corrected chi connectivity index (χ3v) is 5.97. The summed E-state index contributed by atoms with van der Waals surface area (Å²) in [5.41, 5.74) is 7.51. The fraction of sp³-hybridized carbons (Fsp3) is 0.250. The minimum Gasteiger partial charge on any atom is -0.488 e. The average Bonchev–Trinajstić information content (AvgIpc) is 2.97. The van der Waals surface area contributed by atoms with Crippen LogP contribution in [0.15, 0.2) is 30.6 Å². The summed E-state index contributed by atoms with van der Waals surface area (Å²) in [6, 6.07) is 4.69. The van der Waals surface area contributed by atoms with E-state index in [1.54, 1.807) is 24.5 Å². The predicted octanol–water partition coefficient (Wildman–Crippen LogP) is 4.09. The molecule has 0 aliphatic heterocycles. The van der Waals surface area contributed by atoms with Crippen molar-refractivity contribution >= 4 is 44.6 Å². The molecule has 0 unspecified atom stereocenters. The maximum absolute atomic E-state index is 12.2. The summed E-state index contributed by atoms with van der Waals surface area (Å²) in [7, 11) is -3.53. The lowest BCUT2D eigenvalue weighted by Crippen LogP contribution is -2.11.